The Morgan fingerprint density at radius 1 is 1.44 bits per heavy atom. The third kappa shape index (κ3) is 2.65. The first kappa shape index (κ1) is 13.3. The Hall–Kier alpha value is -0.810. The Morgan fingerprint density at radius 3 is 2.50 bits per heavy atom. The average Bonchev–Trinajstić information content (AvgIpc) is 2.23. The molecule has 0 aromatic heterocycles. The van der Waals surface area contributed by atoms with E-state index < -0.39 is 5.82 Å². The van der Waals surface area contributed by atoms with Crippen molar-refractivity contribution in [2.24, 2.45) is 5.73 Å². The maximum Gasteiger partial charge on any atom is 0.183 e. The fourth-order valence-electron chi connectivity index (χ4n) is 1.50. The Labute approximate surface area is 103 Å². The molecule has 1 rings (SSSR count). The van der Waals surface area contributed by atoms with Crippen molar-refractivity contribution in [2.45, 2.75) is 19.4 Å². The Balaban J connectivity index is 3.29. The zero-order valence-electron chi connectivity index (χ0n) is 9.51. The maximum absolute atomic E-state index is 13.9. The van der Waals surface area contributed by atoms with E-state index >= 15 is 0 Å². The molecule has 0 heterocycles. The van der Waals surface area contributed by atoms with Crippen LogP contribution in [0, 0.1) is 5.82 Å². The van der Waals surface area contributed by atoms with E-state index in [4.69, 9.17) is 15.2 Å². The van der Waals surface area contributed by atoms with E-state index in [1.54, 1.807) is 6.07 Å². The van der Waals surface area contributed by atoms with Gasteiger partial charge in [-0.3, -0.25) is 0 Å². The summed E-state index contributed by atoms with van der Waals surface area (Å²) in [6.07, 6.45) is 0.531. The van der Waals surface area contributed by atoms with E-state index in [0.29, 0.717) is 17.7 Å². The lowest BCUT2D eigenvalue weighted by molar-refractivity contribution is 0.368. The molecule has 0 saturated heterocycles. The number of methoxy groups -OCH3 is 2. The first-order valence-corrected chi connectivity index (χ1v) is 5.65. The molecule has 2 N–H and O–H groups in total. The number of rotatable bonds is 4. The van der Waals surface area contributed by atoms with Crippen molar-refractivity contribution in [1.29, 1.82) is 0 Å². The van der Waals surface area contributed by atoms with Gasteiger partial charge in [-0.25, -0.2) is 4.39 Å². The van der Waals surface area contributed by atoms with Crippen LogP contribution in [0.2, 0.25) is 0 Å². The van der Waals surface area contributed by atoms with Crippen LogP contribution in [-0.2, 0) is 6.42 Å². The number of halogens is 2. The summed E-state index contributed by atoms with van der Waals surface area (Å²) in [5, 5.41) is 0. The monoisotopic (exact) mass is 291 g/mol. The first-order valence-electron chi connectivity index (χ1n) is 4.85. The van der Waals surface area contributed by atoms with Crippen molar-refractivity contribution >= 4 is 15.9 Å². The van der Waals surface area contributed by atoms with E-state index in [1.165, 1.54) is 14.2 Å². The molecule has 16 heavy (non-hydrogen) atoms. The highest BCUT2D eigenvalue weighted by molar-refractivity contribution is 9.10. The van der Waals surface area contributed by atoms with Crippen molar-refractivity contribution in [3.63, 3.8) is 0 Å². The Bertz CT molecular complexity index is 383. The zero-order valence-corrected chi connectivity index (χ0v) is 11.1. The Kier molecular flexibility index (Phi) is 4.56. The van der Waals surface area contributed by atoms with E-state index in [2.05, 4.69) is 15.9 Å². The zero-order chi connectivity index (χ0) is 12.3. The molecule has 0 spiro atoms. The fourth-order valence-corrected chi connectivity index (χ4v) is 1.96. The summed E-state index contributed by atoms with van der Waals surface area (Å²) in [5.41, 5.74) is 6.40. The van der Waals surface area contributed by atoms with Gasteiger partial charge in [0.05, 0.1) is 18.7 Å². The van der Waals surface area contributed by atoms with E-state index in [9.17, 15) is 4.39 Å². The molecule has 1 atom stereocenters. The lowest BCUT2D eigenvalue weighted by Gasteiger charge is -2.15. The third-order valence-corrected chi connectivity index (χ3v) is 2.91. The Morgan fingerprint density at radius 2 is 2.06 bits per heavy atom. The molecule has 1 aromatic carbocycles. The van der Waals surface area contributed by atoms with Crippen LogP contribution in [0.4, 0.5) is 4.39 Å². The minimum atomic E-state index is -0.461. The summed E-state index contributed by atoms with van der Waals surface area (Å²) in [4.78, 5) is 0. The predicted octanol–water partition coefficient (Wildman–Crippen LogP) is 2.50. The standard InChI is InChI=1S/C11H15BrFNO2/c1-6(14)4-7-5-8(15-2)9(12)10(13)11(7)16-3/h5-6H,4,14H2,1-3H3. The van der Waals surface area contributed by atoms with Crippen LogP contribution in [0.3, 0.4) is 0 Å². The smallest absolute Gasteiger partial charge is 0.183 e. The summed E-state index contributed by atoms with van der Waals surface area (Å²) < 4.78 is 24.2. The van der Waals surface area contributed by atoms with Crippen LogP contribution < -0.4 is 15.2 Å². The summed E-state index contributed by atoms with van der Waals surface area (Å²) in [6, 6.07) is 1.66. The van der Waals surface area contributed by atoms with Gasteiger partial charge in [-0.15, -0.1) is 0 Å². The molecule has 0 bridgehead atoms. The van der Waals surface area contributed by atoms with Crippen LogP contribution in [0.15, 0.2) is 10.5 Å². The highest BCUT2D eigenvalue weighted by Gasteiger charge is 2.18. The van der Waals surface area contributed by atoms with Gasteiger partial charge < -0.3 is 15.2 Å². The van der Waals surface area contributed by atoms with Gasteiger partial charge in [-0.05, 0) is 35.3 Å². The maximum atomic E-state index is 13.9. The quantitative estimate of drug-likeness (QED) is 0.927. The van der Waals surface area contributed by atoms with Crippen molar-refractivity contribution in [3.8, 4) is 11.5 Å². The second kappa shape index (κ2) is 5.50. The van der Waals surface area contributed by atoms with Crippen molar-refractivity contribution < 1.29 is 13.9 Å². The number of hydrogen-bond donors (Lipinski definition) is 1. The minimum absolute atomic E-state index is 0.0702. The van der Waals surface area contributed by atoms with Gasteiger partial charge in [0.1, 0.15) is 5.75 Å². The fraction of sp³-hybridized carbons (Fsp3) is 0.455. The molecule has 1 aromatic rings. The molecule has 0 fully saturated rings. The second-order valence-corrected chi connectivity index (χ2v) is 4.37. The van der Waals surface area contributed by atoms with Gasteiger partial charge in [0.15, 0.2) is 11.6 Å². The summed E-state index contributed by atoms with van der Waals surface area (Å²) in [6.45, 7) is 1.85. The van der Waals surface area contributed by atoms with Gasteiger partial charge in [-0.2, -0.15) is 0 Å². The predicted molar refractivity (Wildman–Crippen MR) is 64.6 cm³/mol. The van der Waals surface area contributed by atoms with Crippen LogP contribution in [0.5, 0.6) is 11.5 Å². The molecule has 0 aliphatic carbocycles. The molecular weight excluding hydrogens is 277 g/mol. The largest absolute Gasteiger partial charge is 0.495 e. The summed E-state index contributed by atoms with van der Waals surface area (Å²) in [5.74, 6) is 0.191. The van der Waals surface area contributed by atoms with Crippen molar-refractivity contribution in [3.05, 3.63) is 21.9 Å². The van der Waals surface area contributed by atoms with E-state index in [-0.39, 0.29) is 16.3 Å². The molecule has 0 aliphatic heterocycles. The van der Waals surface area contributed by atoms with Crippen LogP contribution in [0.1, 0.15) is 12.5 Å². The molecular formula is C11H15BrFNO2. The molecule has 5 heteroatoms. The summed E-state index contributed by atoms with van der Waals surface area (Å²) >= 11 is 3.12. The number of nitrogens with two attached hydrogens (primary N) is 1. The van der Waals surface area contributed by atoms with Gasteiger partial charge in [0.25, 0.3) is 0 Å². The van der Waals surface area contributed by atoms with Gasteiger partial charge >= 0.3 is 0 Å². The molecule has 0 saturated carbocycles. The van der Waals surface area contributed by atoms with Crippen LogP contribution in [0.25, 0.3) is 0 Å². The molecule has 0 amide bonds. The molecule has 90 valence electrons. The van der Waals surface area contributed by atoms with Crippen LogP contribution >= 0.6 is 15.9 Å². The number of benzene rings is 1. The van der Waals surface area contributed by atoms with Crippen molar-refractivity contribution in [2.75, 3.05) is 14.2 Å². The van der Waals surface area contributed by atoms with Gasteiger partial charge in [-0.1, -0.05) is 0 Å². The molecule has 0 radical (unpaired) electrons. The normalized spacial score (nSPS) is 12.4. The second-order valence-electron chi connectivity index (χ2n) is 3.58. The third-order valence-electron chi connectivity index (χ3n) is 2.17. The number of ether oxygens (including phenoxy) is 2. The average molecular weight is 292 g/mol. The highest BCUT2D eigenvalue weighted by atomic mass is 79.9. The van der Waals surface area contributed by atoms with Gasteiger partial charge in [0, 0.05) is 11.6 Å². The highest BCUT2D eigenvalue weighted by Crippen LogP contribution is 2.37. The SMILES string of the molecule is COc1cc(CC(C)N)c(OC)c(F)c1Br. The lowest BCUT2D eigenvalue weighted by atomic mass is 10.1. The minimum Gasteiger partial charge on any atom is -0.495 e. The molecule has 3 nitrogen and oxygen atoms in total. The van der Waals surface area contributed by atoms with E-state index in [1.807, 2.05) is 6.92 Å². The van der Waals surface area contributed by atoms with E-state index in [0.717, 1.165) is 0 Å². The van der Waals surface area contributed by atoms with Crippen LogP contribution in [-0.4, -0.2) is 20.3 Å². The lowest BCUT2D eigenvalue weighted by Crippen LogP contribution is -2.18. The molecule has 0 aliphatic rings. The van der Waals surface area contributed by atoms with Crippen molar-refractivity contribution in [1.82, 2.24) is 0 Å². The first-order chi connectivity index (χ1) is 7.51. The number of hydrogen-bond acceptors (Lipinski definition) is 3. The van der Waals surface area contributed by atoms with Gasteiger partial charge in [0.2, 0.25) is 0 Å². The molecule has 1 unspecified atom stereocenters. The summed E-state index contributed by atoms with van der Waals surface area (Å²) in [7, 11) is 2.92. The topological polar surface area (TPSA) is 44.5 Å².